The molecule has 146 valence electrons. The molecule has 28 heavy (non-hydrogen) atoms. The van der Waals surface area contributed by atoms with E-state index in [1.54, 1.807) is 0 Å². The molecular weight excluding hydrogens is 368 g/mol. The SMILES string of the molecule is CCn1c(S[C@H](C)C(=O)Nc2ccc(C(C)C)cc2)nnc1-c1ccccc1. The highest BCUT2D eigenvalue weighted by atomic mass is 32.2. The van der Waals surface area contributed by atoms with Crippen LogP contribution in [0.1, 0.15) is 39.2 Å². The van der Waals surface area contributed by atoms with Crippen molar-refractivity contribution < 1.29 is 4.79 Å². The fourth-order valence-electron chi connectivity index (χ4n) is 2.87. The van der Waals surface area contributed by atoms with Gasteiger partial charge in [0.15, 0.2) is 11.0 Å². The Morgan fingerprint density at radius 2 is 1.71 bits per heavy atom. The van der Waals surface area contributed by atoms with E-state index in [0.29, 0.717) is 5.92 Å². The molecule has 0 spiro atoms. The van der Waals surface area contributed by atoms with Crippen molar-refractivity contribution >= 4 is 23.4 Å². The second kappa shape index (κ2) is 9.06. The fourth-order valence-corrected chi connectivity index (χ4v) is 3.78. The van der Waals surface area contributed by atoms with Gasteiger partial charge in [0.25, 0.3) is 0 Å². The molecule has 2 aromatic carbocycles. The summed E-state index contributed by atoms with van der Waals surface area (Å²) in [5, 5.41) is 12.1. The number of carbonyl (C=O) groups excluding carboxylic acids is 1. The van der Waals surface area contributed by atoms with Gasteiger partial charge >= 0.3 is 0 Å². The van der Waals surface area contributed by atoms with E-state index in [1.165, 1.54) is 17.3 Å². The van der Waals surface area contributed by atoms with Crippen molar-refractivity contribution in [2.75, 3.05) is 5.32 Å². The van der Waals surface area contributed by atoms with Gasteiger partial charge in [-0.2, -0.15) is 0 Å². The molecule has 0 bridgehead atoms. The molecule has 0 aliphatic carbocycles. The van der Waals surface area contributed by atoms with Gasteiger partial charge in [-0.15, -0.1) is 10.2 Å². The van der Waals surface area contributed by atoms with Gasteiger partial charge in [0.05, 0.1) is 5.25 Å². The normalized spacial score (nSPS) is 12.2. The van der Waals surface area contributed by atoms with Crippen LogP contribution in [-0.2, 0) is 11.3 Å². The van der Waals surface area contributed by atoms with Gasteiger partial charge in [0, 0.05) is 17.8 Å². The second-order valence-corrected chi connectivity index (χ2v) is 8.25. The quantitative estimate of drug-likeness (QED) is 0.559. The summed E-state index contributed by atoms with van der Waals surface area (Å²) >= 11 is 1.42. The number of nitrogens with one attached hydrogen (secondary N) is 1. The summed E-state index contributed by atoms with van der Waals surface area (Å²) in [6.45, 7) is 8.99. The van der Waals surface area contributed by atoms with Crippen molar-refractivity contribution in [3.05, 3.63) is 60.2 Å². The van der Waals surface area contributed by atoms with Crippen molar-refractivity contribution in [2.24, 2.45) is 0 Å². The molecule has 5 nitrogen and oxygen atoms in total. The molecule has 1 atom stereocenters. The summed E-state index contributed by atoms with van der Waals surface area (Å²) < 4.78 is 2.04. The molecule has 6 heteroatoms. The largest absolute Gasteiger partial charge is 0.325 e. The van der Waals surface area contributed by atoms with Gasteiger partial charge in [-0.05, 0) is 37.5 Å². The highest BCUT2D eigenvalue weighted by Gasteiger charge is 2.20. The van der Waals surface area contributed by atoms with Crippen LogP contribution in [0.5, 0.6) is 0 Å². The summed E-state index contributed by atoms with van der Waals surface area (Å²) in [5.74, 6) is 1.25. The van der Waals surface area contributed by atoms with E-state index in [4.69, 9.17) is 0 Å². The molecule has 0 saturated heterocycles. The summed E-state index contributed by atoms with van der Waals surface area (Å²) in [5.41, 5.74) is 3.08. The Morgan fingerprint density at radius 3 is 2.32 bits per heavy atom. The van der Waals surface area contributed by atoms with Crippen LogP contribution in [0.2, 0.25) is 0 Å². The van der Waals surface area contributed by atoms with E-state index >= 15 is 0 Å². The molecule has 1 heterocycles. The molecule has 1 amide bonds. The Labute approximate surface area is 170 Å². The number of amides is 1. The zero-order valence-electron chi connectivity index (χ0n) is 16.7. The molecule has 1 N–H and O–H groups in total. The maximum absolute atomic E-state index is 12.6. The van der Waals surface area contributed by atoms with Crippen molar-refractivity contribution in [2.45, 2.75) is 50.6 Å². The lowest BCUT2D eigenvalue weighted by Gasteiger charge is -2.13. The first kappa shape index (κ1) is 20.1. The van der Waals surface area contributed by atoms with Crippen LogP contribution >= 0.6 is 11.8 Å². The molecule has 3 aromatic rings. The maximum atomic E-state index is 12.6. The molecule has 0 unspecified atom stereocenters. The van der Waals surface area contributed by atoms with Gasteiger partial charge in [0.1, 0.15) is 0 Å². The smallest absolute Gasteiger partial charge is 0.237 e. The molecule has 0 aliphatic rings. The first-order valence-corrected chi connectivity index (χ1v) is 10.4. The van der Waals surface area contributed by atoms with Crippen molar-refractivity contribution in [1.29, 1.82) is 0 Å². The first-order valence-electron chi connectivity index (χ1n) is 9.55. The number of hydrogen-bond acceptors (Lipinski definition) is 4. The highest BCUT2D eigenvalue weighted by Crippen LogP contribution is 2.27. The lowest BCUT2D eigenvalue weighted by atomic mass is 10.0. The summed E-state index contributed by atoms with van der Waals surface area (Å²) in [6.07, 6.45) is 0. The molecule has 3 rings (SSSR count). The predicted octanol–water partition coefficient (Wildman–Crippen LogP) is 5.21. The fraction of sp³-hybridized carbons (Fsp3) is 0.318. The monoisotopic (exact) mass is 394 g/mol. The zero-order chi connectivity index (χ0) is 20.1. The molecule has 0 aliphatic heterocycles. The molecule has 1 aromatic heterocycles. The number of nitrogens with zero attached hydrogens (tertiary/aromatic N) is 3. The predicted molar refractivity (Wildman–Crippen MR) is 116 cm³/mol. The van der Waals surface area contributed by atoms with Crippen molar-refractivity contribution in [3.8, 4) is 11.4 Å². The molecular formula is C22H26N4OS. The van der Waals surface area contributed by atoms with E-state index in [-0.39, 0.29) is 11.2 Å². The number of hydrogen-bond donors (Lipinski definition) is 1. The number of aromatic nitrogens is 3. The van der Waals surface area contributed by atoms with Crippen LogP contribution in [0.4, 0.5) is 5.69 Å². The first-order chi connectivity index (χ1) is 13.5. The summed E-state index contributed by atoms with van der Waals surface area (Å²) in [4.78, 5) is 12.6. The number of anilines is 1. The van der Waals surface area contributed by atoms with E-state index < -0.39 is 0 Å². The lowest BCUT2D eigenvalue weighted by molar-refractivity contribution is -0.115. The third-order valence-electron chi connectivity index (χ3n) is 4.56. The van der Waals surface area contributed by atoms with Gasteiger partial charge in [-0.25, -0.2) is 0 Å². The van der Waals surface area contributed by atoms with Crippen LogP contribution in [0.15, 0.2) is 59.8 Å². The average Bonchev–Trinajstić information content (AvgIpc) is 3.11. The number of carbonyl (C=O) groups is 1. The Hall–Kier alpha value is -2.60. The van der Waals surface area contributed by atoms with Crippen LogP contribution in [0.25, 0.3) is 11.4 Å². The van der Waals surface area contributed by atoms with Gasteiger partial charge < -0.3 is 9.88 Å². The Kier molecular flexibility index (Phi) is 6.52. The molecule has 0 fully saturated rings. The third kappa shape index (κ3) is 4.62. The van der Waals surface area contributed by atoms with Gasteiger partial charge in [-0.3, -0.25) is 4.79 Å². The standard InChI is InChI=1S/C22H26N4OS/c1-5-26-20(18-9-7-6-8-10-18)24-25-22(26)28-16(4)21(27)23-19-13-11-17(12-14-19)15(2)3/h6-16H,5H2,1-4H3,(H,23,27)/t16-/m1/s1. The Morgan fingerprint density at radius 1 is 1.04 bits per heavy atom. The van der Waals surface area contributed by atoms with Crippen LogP contribution in [-0.4, -0.2) is 25.9 Å². The van der Waals surface area contributed by atoms with E-state index in [1.807, 2.05) is 54.0 Å². The van der Waals surface area contributed by atoms with Gasteiger partial charge in [0.2, 0.25) is 5.91 Å². The maximum Gasteiger partial charge on any atom is 0.237 e. The minimum absolute atomic E-state index is 0.0470. The molecule has 0 saturated carbocycles. The number of benzene rings is 2. The van der Waals surface area contributed by atoms with Crippen LogP contribution < -0.4 is 5.32 Å². The highest BCUT2D eigenvalue weighted by molar-refractivity contribution is 8.00. The van der Waals surface area contributed by atoms with Crippen LogP contribution in [0.3, 0.4) is 0 Å². The minimum Gasteiger partial charge on any atom is -0.325 e. The Bertz CT molecular complexity index is 919. The number of thioether (sulfide) groups is 1. The summed E-state index contributed by atoms with van der Waals surface area (Å²) in [7, 11) is 0. The van der Waals surface area contributed by atoms with Crippen molar-refractivity contribution in [3.63, 3.8) is 0 Å². The lowest BCUT2D eigenvalue weighted by Crippen LogP contribution is -2.23. The van der Waals surface area contributed by atoms with Gasteiger partial charge in [-0.1, -0.05) is 68.1 Å². The topological polar surface area (TPSA) is 59.8 Å². The Balaban J connectivity index is 1.69. The van der Waals surface area contributed by atoms with Crippen LogP contribution in [0, 0.1) is 0 Å². The van der Waals surface area contributed by atoms with Crippen molar-refractivity contribution in [1.82, 2.24) is 14.8 Å². The van der Waals surface area contributed by atoms with E-state index in [0.717, 1.165) is 28.8 Å². The average molecular weight is 395 g/mol. The molecule has 0 radical (unpaired) electrons. The van der Waals surface area contributed by atoms with E-state index in [9.17, 15) is 4.79 Å². The second-order valence-electron chi connectivity index (χ2n) is 6.94. The zero-order valence-corrected chi connectivity index (χ0v) is 17.5. The summed E-state index contributed by atoms with van der Waals surface area (Å²) in [6, 6.07) is 18.0. The van der Waals surface area contributed by atoms with E-state index in [2.05, 4.69) is 48.4 Å². The third-order valence-corrected chi connectivity index (χ3v) is 5.64. The number of rotatable bonds is 7. The minimum atomic E-state index is -0.289.